The first-order chi connectivity index (χ1) is 17.0. The van der Waals surface area contributed by atoms with Gasteiger partial charge in [-0.1, -0.05) is 60.7 Å². The number of rotatable bonds is 10. The summed E-state index contributed by atoms with van der Waals surface area (Å²) in [5, 5.41) is 10.9. The average Bonchev–Trinajstić information content (AvgIpc) is 2.91. The summed E-state index contributed by atoms with van der Waals surface area (Å²) in [5.41, 5.74) is 0.845. The smallest absolute Gasteiger partial charge is 0.338 e. The third-order valence-corrected chi connectivity index (χ3v) is 4.99. The van der Waals surface area contributed by atoms with Crippen molar-refractivity contribution in [1.82, 2.24) is 0 Å². The molecule has 0 saturated carbocycles. The average molecular weight is 475 g/mol. The highest BCUT2D eigenvalue weighted by atomic mass is 16.6. The molecule has 3 atom stereocenters. The Morgan fingerprint density at radius 3 is 1.60 bits per heavy atom. The number of aliphatic hydroxyl groups excluding tert-OH is 1. The van der Waals surface area contributed by atoms with E-state index in [2.05, 4.69) is 0 Å². The number of allylic oxidation sites excluding steroid dienone is 1. The Morgan fingerprint density at radius 2 is 1.14 bits per heavy atom. The van der Waals surface area contributed by atoms with Crippen LogP contribution >= 0.6 is 0 Å². The number of hydrogen-bond acceptors (Lipinski definition) is 7. The highest BCUT2D eigenvalue weighted by Crippen LogP contribution is 2.17. The van der Waals surface area contributed by atoms with Crippen LogP contribution in [0.1, 0.15) is 38.0 Å². The number of benzene rings is 3. The van der Waals surface area contributed by atoms with Gasteiger partial charge >= 0.3 is 17.9 Å². The second kappa shape index (κ2) is 12.9. The lowest BCUT2D eigenvalue weighted by Crippen LogP contribution is -2.45. The molecule has 0 aromatic heterocycles. The van der Waals surface area contributed by atoms with Crippen LogP contribution in [0.2, 0.25) is 0 Å². The maximum Gasteiger partial charge on any atom is 0.338 e. The molecule has 0 aliphatic rings. The fraction of sp³-hybridized carbons (Fsp3) is 0.179. The van der Waals surface area contributed by atoms with Gasteiger partial charge in [0.05, 0.1) is 16.7 Å². The molecule has 35 heavy (non-hydrogen) atoms. The molecule has 0 fully saturated rings. The largest absolute Gasteiger partial charge is 0.459 e. The van der Waals surface area contributed by atoms with Gasteiger partial charge in [0.1, 0.15) is 12.7 Å². The van der Waals surface area contributed by atoms with E-state index < -0.39 is 42.8 Å². The zero-order chi connectivity index (χ0) is 25.0. The first-order valence-electron chi connectivity index (χ1n) is 11.0. The van der Waals surface area contributed by atoms with Crippen molar-refractivity contribution in [3.63, 3.8) is 0 Å². The summed E-state index contributed by atoms with van der Waals surface area (Å²) in [4.78, 5) is 37.8. The van der Waals surface area contributed by atoms with Crippen LogP contribution in [0.15, 0.2) is 103 Å². The van der Waals surface area contributed by atoms with E-state index in [1.165, 1.54) is 6.08 Å². The van der Waals surface area contributed by atoms with E-state index >= 15 is 0 Å². The van der Waals surface area contributed by atoms with Crippen LogP contribution in [0.25, 0.3) is 0 Å². The zero-order valence-corrected chi connectivity index (χ0v) is 19.2. The minimum absolute atomic E-state index is 0.250. The van der Waals surface area contributed by atoms with Crippen molar-refractivity contribution < 1.29 is 33.7 Å². The molecule has 0 saturated heterocycles. The van der Waals surface area contributed by atoms with Crippen LogP contribution in [-0.4, -0.2) is 47.9 Å². The number of ether oxygens (including phenoxy) is 3. The summed E-state index contributed by atoms with van der Waals surface area (Å²) in [7, 11) is 0. The summed E-state index contributed by atoms with van der Waals surface area (Å²) in [5.74, 6) is -2.04. The lowest BCUT2D eigenvalue weighted by molar-refractivity contribution is -0.0835. The van der Waals surface area contributed by atoms with Crippen molar-refractivity contribution in [3.8, 4) is 0 Å². The fourth-order valence-electron chi connectivity index (χ4n) is 3.22. The molecule has 3 rings (SSSR count). The molecule has 1 N–H and O–H groups in total. The van der Waals surface area contributed by atoms with Crippen LogP contribution in [0.3, 0.4) is 0 Å². The Labute approximate surface area is 203 Å². The monoisotopic (exact) mass is 474 g/mol. The van der Waals surface area contributed by atoms with E-state index in [1.807, 2.05) is 0 Å². The fourth-order valence-corrected chi connectivity index (χ4v) is 3.22. The Balaban J connectivity index is 1.80. The van der Waals surface area contributed by atoms with Crippen molar-refractivity contribution in [2.75, 3.05) is 6.61 Å². The van der Waals surface area contributed by atoms with Crippen molar-refractivity contribution in [1.29, 1.82) is 0 Å². The molecule has 3 aromatic carbocycles. The van der Waals surface area contributed by atoms with Crippen LogP contribution in [0, 0.1) is 0 Å². The van der Waals surface area contributed by atoms with E-state index in [0.717, 1.165) is 0 Å². The van der Waals surface area contributed by atoms with Crippen molar-refractivity contribution in [2.24, 2.45) is 0 Å². The minimum Gasteiger partial charge on any atom is -0.459 e. The van der Waals surface area contributed by atoms with Crippen molar-refractivity contribution >= 4 is 17.9 Å². The Morgan fingerprint density at radius 1 is 0.714 bits per heavy atom. The molecule has 0 radical (unpaired) electrons. The first kappa shape index (κ1) is 25.4. The molecule has 2 unspecified atom stereocenters. The second-order valence-corrected chi connectivity index (χ2v) is 7.53. The summed E-state index contributed by atoms with van der Waals surface area (Å²) in [6.07, 6.45) is -0.887. The molecule has 180 valence electrons. The number of carbonyl (C=O) groups is 3. The maximum atomic E-state index is 12.8. The van der Waals surface area contributed by atoms with Crippen LogP contribution in [-0.2, 0) is 14.2 Å². The van der Waals surface area contributed by atoms with E-state index in [-0.39, 0.29) is 5.56 Å². The standard InChI is InChI=1S/C28H26O7/c1-2-12-24(34-27(31)21-15-8-4-9-16-21)25(35-28(32)22-17-10-5-11-18-22)23(29)19-33-26(30)20-13-6-3-7-14-20/h2-18,23-25,29H,19H2,1H3/b12-2+/t23?,24-,25?/m1/s1. The predicted octanol–water partition coefficient (Wildman–Crippen LogP) is 4.23. The summed E-state index contributed by atoms with van der Waals surface area (Å²) >= 11 is 0. The molecule has 0 aliphatic carbocycles. The van der Waals surface area contributed by atoms with Gasteiger partial charge in [0.2, 0.25) is 0 Å². The maximum absolute atomic E-state index is 12.8. The first-order valence-corrected chi connectivity index (χ1v) is 11.0. The zero-order valence-electron chi connectivity index (χ0n) is 19.2. The van der Waals surface area contributed by atoms with Gasteiger partial charge in [0.25, 0.3) is 0 Å². The number of aliphatic hydroxyl groups is 1. The predicted molar refractivity (Wildman–Crippen MR) is 129 cm³/mol. The van der Waals surface area contributed by atoms with E-state index in [1.54, 1.807) is 104 Å². The van der Waals surface area contributed by atoms with Gasteiger partial charge in [-0.3, -0.25) is 0 Å². The third-order valence-electron chi connectivity index (χ3n) is 4.99. The van der Waals surface area contributed by atoms with E-state index in [0.29, 0.717) is 11.1 Å². The summed E-state index contributed by atoms with van der Waals surface area (Å²) in [6.45, 7) is 1.21. The normalized spacial score (nSPS) is 13.4. The highest BCUT2D eigenvalue weighted by molar-refractivity contribution is 5.91. The highest BCUT2D eigenvalue weighted by Gasteiger charge is 2.35. The van der Waals surface area contributed by atoms with Crippen LogP contribution in [0.4, 0.5) is 0 Å². The van der Waals surface area contributed by atoms with Gasteiger partial charge in [0, 0.05) is 0 Å². The minimum atomic E-state index is -1.49. The van der Waals surface area contributed by atoms with Gasteiger partial charge in [0.15, 0.2) is 12.2 Å². The molecule has 0 amide bonds. The topological polar surface area (TPSA) is 99.1 Å². The molecule has 0 heterocycles. The molecule has 0 spiro atoms. The van der Waals surface area contributed by atoms with Gasteiger partial charge in [-0.15, -0.1) is 0 Å². The molecule has 0 aliphatic heterocycles. The quantitative estimate of drug-likeness (QED) is 0.267. The van der Waals surface area contributed by atoms with Gasteiger partial charge < -0.3 is 19.3 Å². The lowest BCUT2D eigenvalue weighted by Gasteiger charge is -2.28. The summed E-state index contributed by atoms with van der Waals surface area (Å²) < 4.78 is 16.4. The van der Waals surface area contributed by atoms with Gasteiger partial charge in [-0.2, -0.15) is 0 Å². The van der Waals surface area contributed by atoms with Crippen LogP contribution < -0.4 is 0 Å². The SMILES string of the molecule is C/C=C/[C@@H](OC(=O)c1ccccc1)C(OC(=O)c1ccccc1)C(O)COC(=O)c1ccccc1. The lowest BCUT2D eigenvalue weighted by atomic mass is 10.1. The van der Waals surface area contributed by atoms with Gasteiger partial charge in [-0.05, 0) is 49.4 Å². The Hall–Kier alpha value is -4.23. The summed E-state index contributed by atoms with van der Waals surface area (Å²) in [6, 6.07) is 24.8. The molecular weight excluding hydrogens is 448 g/mol. The van der Waals surface area contributed by atoms with E-state index in [4.69, 9.17) is 14.2 Å². The van der Waals surface area contributed by atoms with E-state index in [9.17, 15) is 19.5 Å². The third kappa shape index (κ3) is 7.38. The Kier molecular flexibility index (Phi) is 9.33. The molecular formula is C28H26O7. The molecule has 7 heteroatoms. The van der Waals surface area contributed by atoms with Crippen molar-refractivity contribution in [2.45, 2.75) is 25.2 Å². The van der Waals surface area contributed by atoms with Gasteiger partial charge in [-0.25, -0.2) is 14.4 Å². The number of hydrogen-bond donors (Lipinski definition) is 1. The Bertz CT molecular complexity index is 1130. The van der Waals surface area contributed by atoms with Crippen LogP contribution in [0.5, 0.6) is 0 Å². The number of carbonyl (C=O) groups excluding carboxylic acids is 3. The van der Waals surface area contributed by atoms with Crippen molar-refractivity contribution in [3.05, 3.63) is 120 Å². The molecule has 0 bridgehead atoms. The molecule has 7 nitrogen and oxygen atoms in total. The molecule has 3 aromatic rings. The second-order valence-electron chi connectivity index (χ2n) is 7.53. The number of esters is 3.